The number of hydrogen-bond donors (Lipinski definition) is 3. The second-order valence-electron chi connectivity index (χ2n) is 3.98. The molecule has 0 spiro atoms. The first-order chi connectivity index (χ1) is 7.93. The van der Waals surface area contributed by atoms with Crippen molar-refractivity contribution >= 4 is 17.4 Å². The average molecular weight is 235 g/mol. The van der Waals surface area contributed by atoms with E-state index in [0.29, 0.717) is 11.3 Å². The molecule has 0 radical (unpaired) electrons. The number of nitrogens with two attached hydrogens (primary N) is 2. The minimum absolute atomic E-state index is 0.217. The number of Topliss-reactive ketones (excluding diaryl/α,β-unsaturated/α-hetero) is 1. The van der Waals surface area contributed by atoms with Crippen molar-refractivity contribution in [3.63, 3.8) is 0 Å². The highest BCUT2D eigenvalue weighted by Crippen LogP contribution is 2.16. The van der Waals surface area contributed by atoms with Gasteiger partial charge in [-0.25, -0.2) is 0 Å². The first-order valence-corrected chi connectivity index (χ1v) is 5.38. The second kappa shape index (κ2) is 5.56. The quantitative estimate of drug-likeness (QED) is 0.662. The molecule has 5 nitrogen and oxygen atoms in total. The van der Waals surface area contributed by atoms with Gasteiger partial charge in [-0.05, 0) is 26.0 Å². The topological polar surface area (TPSA) is 98.2 Å². The minimum atomic E-state index is -0.631. The van der Waals surface area contributed by atoms with E-state index in [1.54, 1.807) is 38.1 Å². The zero-order valence-corrected chi connectivity index (χ0v) is 9.94. The summed E-state index contributed by atoms with van der Waals surface area (Å²) in [5, 5.41) is 2.61. The van der Waals surface area contributed by atoms with Gasteiger partial charge in [0.05, 0.1) is 17.8 Å². The first-order valence-electron chi connectivity index (χ1n) is 5.38. The fraction of sp³-hybridized carbons (Fsp3) is 0.333. The molecule has 0 heterocycles. The lowest BCUT2D eigenvalue weighted by molar-refractivity contribution is -0.117. The van der Waals surface area contributed by atoms with E-state index in [2.05, 4.69) is 5.32 Å². The van der Waals surface area contributed by atoms with E-state index in [9.17, 15) is 9.59 Å². The molecule has 0 aliphatic heterocycles. The predicted molar refractivity (Wildman–Crippen MR) is 66.7 cm³/mol. The zero-order chi connectivity index (χ0) is 13.0. The van der Waals surface area contributed by atoms with Crippen LogP contribution in [0, 0.1) is 0 Å². The van der Waals surface area contributed by atoms with E-state index in [0.717, 1.165) is 0 Å². The van der Waals surface area contributed by atoms with Gasteiger partial charge in [-0.2, -0.15) is 0 Å². The molecular weight excluding hydrogens is 218 g/mol. The van der Waals surface area contributed by atoms with Crippen LogP contribution >= 0.6 is 0 Å². The summed E-state index contributed by atoms with van der Waals surface area (Å²) < 4.78 is 0. The molecule has 1 rings (SSSR count). The summed E-state index contributed by atoms with van der Waals surface area (Å²) in [6.07, 6.45) is 0. The Kier molecular flexibility index (Phi) is 4.37. The van der Waals surface area contributed by atoms with Crippen molar-refractivity contribution in [2.45, 2.75) is 25.9 Å². The monoisotopic (exact) mass is 235 g/mol. The molecule has 17 heavy (non-hydrogen) atoms. The molecule has 1 amide bonds. The molecule has 2 atom stereocenters. The first kappa shape index (κ1) is 13.3. The van der Waals surface area contributed by atoms with Crippen molar-refractivity contribution in [2.75, 3.05) is 5.32 Å². The van der Waals surface area contributed by atoms with E-state index in [1.807, 2.05) is 0 Å². The highest BCUT2D eigenvalue weighted by atomic mass is 16.2. The van der Waals surface area contributed by atoms with E-state index in [-0.39, 0.29) is 11.7 Å². The smallest absolute Gasteiger partial charge is 0.241 e. The maximum atomic E-state index is 11.8. The highest BCUT2D eigenvalue weighted by Gasteiger charge is 2.17. The van der Waals surface area contributed by atoms with Gasteiger partial charge in [0.1, 0.15) is 0 Å². The maximum absolute atomic E-state index is 11.8. The number of hydrogen-bond acceptors (Lipinski definition) is 4. The fourth-order valence-corrected chi connectivity index (χ4v) is 1.30. The number of anilines is 1. The fourth-order valence-electron chi connectivity index (χ4n) is 1.30. The summed E-state index contributed by atoms with van der Waals surface area (Å²) in [5.74, 6) is -0.555. The van der Waals surface area contributed by atoms with Crippen LogP contribution in [-0.4, -0.2) is 23.8 Å². The molecule has 0 saturated heterocycles. The molecule has 92 valence electrons. The Bertz CT molecular complexity index is 428. The molecule has 1 aromatic carbocycles. The number of ketones is 1. The normalized spacial score (nSPS) is 13.9. The Morgan fingerprint density at radius 3 is 2.24 bits per heavy atom. The van der Waals surface area contributed by atoms with Crippen LogP contribution in [-0.2, 0) is 4.79 Å². The Morgan fingerprint density at radius 2 is 1.71 bits per heavy atom. The van der Waals surface area contributed by atoms with Gasteiger partial charge in [0.25, 0.3) is 0 Å². The minimum Gasteiger partial charge on any atom is -0.324 e. The van der Waals surface area contributed by atoms with Gasteiger partial charge >= 0.3 is 0 Å². The molecular formula is C12H17N3O2. The summed E-state index contributed by atoms with van der Waals surface area (Å²) in [7, 11) is 0. The van der Waals surface area contributed by atoms with Gasteiger partial charge in [0.15, 0.2) is 5.78 Å². The number of para-hydroxylation sites is 1. The van der Waals surface area contributed by atoms with Crippen molar-refractivity contribution in [3.8, 4) is 0 Å². The lowest BCUT2D eigenvalue weighted by Gasteiger charge is -2.13. The van der Waals surface area contributed by atoms with Gasteiger partial charge in [0.2, 0.25) is 5.91 Å². The molecule has 2 unspecified atom stereocenters. The highest BCUT2D eigenvalue weighted by molar-refractivity contribution is 6.07. The number of carbonyl (C=O) groups excluding carboxylic acids is 2. The second-order valence-corrected chi connectivity index (χ2v) is 3.98. The molecule has 0 fully saturated rings. The summed E-state index contributed by atoms with van der Waals surface area (Å²) in [6.45, 7) is 3.18. The molecule has 0 aromatic heterocycles. The van der Waals surface area contributed by atoms with Crippen LogP contribution in [0.3, 0.4) is 0 Å². The van der Waals surface area contributed by atoms with Crippen molar-refractivity contribution in [3.05, 3.63) is 29.8 Å². The number of nitrogens with one attached hydrogen (secondary N) is 1. The van der Waals surface area contributed by atoms with Crippen molar-refractivity contribution in [2.24, 2.45) is 11.5 Å². The molecule has 1 aromatic rings. The summed E-state index contributed by atoms with van der Waals surface area (Å²) in [6, 6.07) is 5.49. The van der Waals surface area contributed by atoms with E-state index in [1.165, 1.54) is 0 Å². The SMILES string of the molecule is CC(N)C(=O)Nc1ccccc1C(=O)C(C)N. The van der Waals surface area contributed by atoms with Crippen LogP contribution in [0.15, 0.2) is 24.3 Å². The Balaban J connectivity index is 3.00. The third kappa shape index (κ3) is 3.37. The van der Waals surface area contributed by atoms with Gasteiger partial charge < -0.3 is 16.8 Å². The summed E-state index contributed by atoms with van der Waals surface area (Å²) in [5.41, 5.74) is 11.8. The summed E-state index contributed by atoms with van der Waals surface area (Å²) in [4.78, 5) is 23.3. The molecule has 0 aliphatic rings. The Hall–Kier alpha value is -1.72. The van der Waals surface area contributed by atoms with Crippen LogP contribution in [0.2, 0.25) is 0 Å². The molecule has 5 N–H and O–H groups in total. The molecule has 0 aliphatic carbocycles. The van der Waals surface area contributed by atoms with E-state index < -0.39 is 12.1 Å². The van der Waals surface area contributed by atoms with Crippen LogP contribution in [0.4, 0.5) is 5.69 Å². The Labute approximate surface area is 100 Å². The van der Waals surface area contributed by atoms with Crippen molar-refractivity contribution < 1.29 is 9.59 Å². The van der Waals surface area contributed by atoms with Gasteiger partial charge in [-0.15, -0.1) is 0 Å². The van der Waals surface area contributed by atoms with E-state index in [4.69, 9.17) is 11.5 Å². The van der Waals surface area contributed by atoms with Crippen molar-refractivity contribution in [1.29, 1.82) is 0 Å². The van der Waals surface area contributed by atoms with Crippen LogP contribution in [0.1, 0.15) is 24.2 Å². The third-order valence-electron chi connectivity index (χ3n) is 2.28. The molecule has 0 saturated carbocycles. The lowest BCUT2D eigenvalue weighted by atomic mass is 10.0. The van der Waals surface area contributed by atoms with Gasteiger partial charge in [-0.3, -0.25) is 9.59 Å². The maximum Gasteiger partial charge on any atom is 0.241 e. The van der Waals surface area contributed by atoms with Crippen LogP contribution in [0.25, 0.3) is 0 Å². The summed E-state index contributed by atoms with van der Waals surface area (Å²) >= 11 is 0. The number of amides is 1. The van der Waals surface area contributed by atoms with Gasteiger partial charge in [0, 0.05) is 5.56 Å². The van der Waals surface area contributed by atoms with Crippen LogP contribution in [0.5, 0.6) is 0 Å². The number of benzene rings is 1. The largest absolute Gasteiger partial charge is 0.324 e. The average Bonchev–Trinajstić information content (AvgIpc) is 2.28. The van der Waals surface area contributed by atoms with Crippen LogP contribution < -0.4 is 16.8 Å². The third-order valence-corrected chi connectivity index (χ3v) is 2.28. The zero-order valence-electron chi connectivity index (χ0n) is 9.94. The molecule has 5 heteroatoms. The van der Waals surface area contributed by atoms with Crippen molar-refractivity contribution in [1.82, 2.24) is 0 Å². The van der Waals surface area contributed by atoms with E-state index >= 15 is 0 Å². The Morgan fingerprint density at radius 1 is 1.12 bits per heavy atom. The molecule has 0 bridgehead atoms. The number of rotatable bonds is 4. The standard InChI is InChI=1S/C12H17N3O2/c1-7(13)11(16)9-5-3-4-6-10(9)15-12(17)8(2)14/h3-8H,13-14H2,1-2H3,(H,15,17). The lowest BCUT2D eigenvalue weighted by Crippen LogP contribution is -2.34. The van der Waals surface area contributed by atoms with Gasteiger partial charge in [-0.1, -0.05) is 12.1 Å². The predicted octanol–water partition coefficient (Wildman–Crippen LogP) is 0.502. The number of carbonyl (C=O) groups is 2.